The summed E-state index contributed by atoms with van der Waals surface area (Å²) in [5.74, 6) is 0.671. The van der Waals surface area contributed by atoms with E-state index >= 15 is 0 Å². The summed E-state index contributed by atoms with van der Waals surface area (Å²) >= 11 is 5.95. The van der Waals surface area contributed by atoms with Gasteiger partial charge in [0, 0.05) is 12.7 Å². The first kappa shape index (κ1) is 8.34. The highest BCUT2D eigenvalue weighted by Gasteiger charge is 2.11. The SMILES string of the molecule is Nc1cnc(N2C=CCN2)c(Cl)c1. The second kappa shape index (κ2) is 3.24. The minimum atomic E-state index is 0.541. The van der Waals surface area contributed by atoms with Crippen molar-refractivity contribution in [3.63, 3.8) is 0 Å². The van der Waals surface area contributed by atoms with Gasteiger partial charge in [0.1, 0.15) is 0 Å². The van der Waals surface area contributed by atoms with Gasteiger partial charge in [-0.2, -0.15) is 0 Å². The van der Waals surface area contributed by atoms with Crippen molar-refractivity contribution in [1.29, 1.82) is 0 Å². The second-order valence-electron chi connectivity index (χ2n) is 2.69. The molecule has 1 aliphatic rings. The maximum Gasteiger partial charge on any atom is 0.166 e. The number of nitrogen functional groups attached to an aromatic ring is 1. The molecule has 0 bridgehead atoms. The van der Waals surface area contributed by atoms with Crippen molar-refractivity contribution >= 4 is 23.1 Å². The molecule has 0 saturated carbocycles. The van der Waals surface area contributed by atoms with Gasteiger partial charge in [-0.15, -0.1) is 0 Å². The molecule has 4 nitrogen and oxygen atoms in total. The Morgan fingerprint density at radius 2 is 2.46 bits per heavy atom. The number of rotatable bonds is 1. The van der Waals surface area contributed by atoms with E-state index < -0.39 is 0 Å². The van der Waals surface area contributed by atoms with Crippen molar-refractivity contribution in [2.24, 2.45) is 0 Å². The van der Waals surface area contributed by atoms with Gasteiger partial charge in [-0.3, -0.25) is 5.01 Å². The van der Waals surface area contributed by atoms with Gasteiger partial charge in [0.25, 0.3) is 0 Å². The van der Waals surface area contributed by atoms with Crippen LogP contribution in [0.1, 0.15) is 0 Å². The smallest absolute Gasteiger partial charge is 0.166 e. The standard InChI is InChI=1S/C8H9ClN4/c9-7-4-6(10)5-11-8(7)13-3-1-2-12-13/h1,3-5,12H,2,10H2. The molecule has 3 N–H and O–H groups in total. The molecule has 0 aliphatic carbocycles. The zero-order valence-corrected chi connectivity index (χ0v) is 7.62. The van der Waals surface area contributed by atoms with Gasteiger partial charge in [-0.05, 0) is 6.07 Å². The molecule has 0 fully saturated rings. The zero-order chi connectivity index (χ0) is 9.26. The summed E-state index contributed by atoms with van der Waals surface area (Å²) in [7, 11) is 0. The molecule has 1 aromatic heterocycles. The van der Waals surface area contributed by atoms with Gasteiger partial charge >= 0.3 is 0 Å². The Morgan fingerprint density at radius 1 is 1.62 bits per heavy atom. The van der Waals surface area contributed by atoms with Crippen LogP contribution in [0.4, 0.5) is 11.5 Å². The van der Waals surface area contributed by atoms with Crippen LogP contribution in [0.5, 0.6) is 0 Å². The van der Waals surface area contributed by atoms with Crippen LogP contribution < -0.4 is 16.2 Å². The Hall–Kier alpha value is -1.26. The van der Waals surface area contributed by atoms with E-state index in [0.717, 1.165) is 6.54 Å². The summed E-state index contributed by atoms with van der Waals surface area (Å²) < 4.78 is 0. The molecule has 2 heterocycles. The largest absolute Gasteiger partial charge is 0.397 e. The molecule has 2 rings (SSSR count). The number of nitrogens with one attached hydrogen (secondary N) is 1. The number of anilines is 2. The molecule has 0 radical (unpaired) electrons. The van der Waals surface area contributed by atoms with Crippen molar-refractivity contribution in [2.75, 3.05) is 17.3 Å². The summed E-state index contributed by atoms with van der Waals surface area (Å²) in [6.07, 6.45) is 5.44. The van der Waals surface area contributed by atoms with Crippen LogP contribution >= 0.6 is 11.6 Å². The van der Waals surface area contributed by atoms with Crippen molar-refractivity contribution < 1.29 is 0 Å². The minimum absolute atomic E-state index is 0.541. The maximum atomic E-state index is 5.95. The molecule has 68 valence electrons. The average Bonchev–Trinajstić information content (AvgIpc) is 2.56. The summed E-state index contributed by atoms with van der Waals surface area (Å²) in [6, 6.07) is 1.68. The van der Waals surface area contributed by atoms with E-state index in [2.05, 4.69) is 10.4 Å². The molecule has 0 atom stereocenters. The van der Waals surface area contributed by atoms with Crippen LogP contribution in [0, 0.1) is 0 Å². The lowest BCUT2D eigenvalue weighted by molar-refractivity contribution is 0.801. The highest BCUT2D eigenvalue weighted by atomic mass is 35.5. The molecule has 0 unspecified atom stereocenters. The zero-order valence-electron chi connectivity index (χ0n) is 6.87. The lowest BCUT2D eigenvalue weighted by Crippen LogP contribution is -2.29. The molecule has 0 saturated heterocycles. The van der Waals surface area contributed by atoms with E-state index in [0.29, 0.717) is 16.5 Å². The monoisotopic (exact) mass is 196 g/mol. The van der Waals surface area contributed by atoms with E-state index in [-0.39, 0.29) is 0 Å². The average molecular weight is 197 g/mol. The third-order valence-corrected chi connectivity index (χ3v) is 1.98. The fraction of sp³-hybridized carbons (Fsp3) is 0.125. The van der Waals surface area contributed by atoms with Crippen molar-refractivity contribution in [3.8, 4) is 0 Å². The molecule has 13 heavy (non-hydrogen) atoms. The number of nitrogens with two attached hydrogens (primary N) is 1. The van der Waals surface area contributed by atoms with Gasteiger partial charge in [-0.1, -0.05) is 17.7 Å². The summed E-state index contributed by atoms with van der Waals surface area (Å²) in [4.78, 5) is 4.12. The van der Waals surface area contributed by atoms with Crippen molar-refractivity contribution in [3.05, 3.63) is 29.6 Å². The fourth-order valence-corrected chi connectivity index (χ4v) is 1.40. The maximum absolute atomic E-state index is 5.95. The van der Waals surface area contributed by atoms with E-state index in [1.165, 1.54) is 0 Å². The number of nitrogens with zero attached hydrogens (tertiary/aromatic N) is 2. The van der Waals surface area contributed by atoms with Gasteiger partial charge in [0.15, 0.2) is 5.82 Å². The van der Waals surface area contributed by atoms with E-state index in [4.69, 9.17) is 17.3 Å². The first-order valence-electron chi connectivity index (χ1n) is 3.88. The normalized spacial score (nSPS) is 15.3. The molecule has 0 amide bonds. The van der Waals surface area contributed by atoms with Crippen LogP contribution in [0.15, 0.2) is 24.5 Å². The summed E-state index contributed by atoms with van der Waals surface area (Å²) in [5.41, 5.74) is 9.16. The molecule has 0 spiro atoms. The Labute approximate surface area is 81.0 Å². The van der Waals surface area contributed by atoms with Gasteiger partial charge < -0.3 is 5.73 Å². The number of halogens is 1. The van der Waals surface area contributed by atoms with Gasteiger partial charge in [0.2, 0.25) is 0 Å². The molecule has 0 aromatic carbocycles. The summed E-state index contributed by atoms with van der Waals surface area (Å²) in [6.45, 7) is 0.794. The van der Waals surface area contributed by atoms with Crippen LogP contribution in [-0.2, 0) is 0 Å². The predicted molar refractivity (Wildman–Crippen MR) is 53.3 cm³/mol. The molecular weight excluding hydrogens is 188 g/mol. The van der Waals surface area contributed by atoms with E-state index in [9.17, 15) is 0 Å². The molecule has 1 aliphatic heterocycles. The van der Waals surface area contributed by atoms with E-state index in [1.807, 2.05) is 12.3 Å². The first-order valence-corrected chi connectivity index (χ1v) is 4.25. The fourth-order valence-electron chi connectivity index (χ4n) is 1.13. The number of hydrazine groups is 1. The summed E-state index contributed by atoms with van der Waals surface area (Å²) in [5, 5.41) is 2.31. The Balaban J connectivity index is 2.34. The number of hydrogen-bond donors (Lipinski definition) is 2. The third kappa shape index (κ3) is 1.59. The number of aromatic nitrogens is 1. The molecule has 1 aromatic rings. The van der Waals surface area contributed by atoms with Crippen LogP contribution in [0.2, 0.25) is 5.02 Å². The Bertz CT molecular complexity index is 350. The Morgan fingerprint density at radius 3 is 3.08 bits per heavy atom. The third-order valence-electron chi connectivity index (χ3n) is 1.71. The number of hydrogen-bond acceptors (Lipinski definition) is 4. The first-order chi connectivity index (χ1) is 6.27. The van der Waals surface area contributed by atoms with Gasteiger partial charge in [0.05, 0.1) is 16.9 Å². The van der Waals surface area contributed by atoms with Crippen LogP contribution in [0.25, 0.3) is 0 Å². The van der Waals surface area contributed by atoms with E-state index in [1.54, 1.807) is 17.3 Å². The van der Waals surface area contributed by atoms with Crippen molar-refractivity contribution in [2.45, 2.75) is 0 Å². The quantitative estimate of drug-likeness (QED) is 0.708. The number of pyridine rings is 1. The van der Waals surface area contributed by atoms with Crippen LogP contribution in [-0.4, -0.2) is 11.5 Å². The molecular formula is C8H9ClN4. The highest BCUT2D eigenvalue weighted by molar-refractivity contribution is 6.33. The van der Waals surface area contributed by atoms with Crippen LogP contribution in [0.3, 0.4) is 0 Å². The second-order valence-corrected chi connectivity index (χ2v) is 3.10. The lowest BCUT2D eigenvalue weighted by atomic mass is 10.4. The topological polar surface area (TPSA) is 54.2 Å². The predicted octanol–water partition coefficient (Wildman–Crippen LogP) is 1.16. The highest BCUT2D eigenvalue weighted by Crippen LogP contribution is 2.24. The lowest BCUT2D eigenvalue weighted by Gasteiger charge is -2.15. The van der Waals surface area contributed by atoms with Crippen molar-refractivity contribution in [1.82, 2.24) is 10.4 Å². The van der Waals surface area contributed by atoms with Gasteiger partial charge in [-0.25, -0.2) is 10.4 Å². The molecule has 5 heteroatoms. The minimum Gasteiger partial charge on any atom is -0.397 e. The Kier molecular flexibility index (Phi) is 2.08.